The fourth-order valence-electron chi connectivity index (χ4n) is 3.45. The van der Waals surface area contributed by atoms with Crippen molar-refractivity contribution in [2.75, 3.05) is 4.90 Å². The monoisotopic (exact) mass is 430 g/mol. The molecule has 6 nitrogen and oxygen atoms in total. The van der Waals surface area contributed by atoms with E-state index in [0.717, 1.165) is 9.99 Å². The number of urea groups is 1. The number of imide groups is 2. The molecular weight excluding hydrogens is 412 g/mol. The molecule has 2 heterocycles. The number of benzene rings is 1. The smallest absolute Gasteiger partial charge is 0.335 e. The van der Waals surface area contributed by atoms with E-state index in [0.29, 0.717) is 21.7 Å². The highest BCUT2D eigenvalue weighted by Gasteiger charge is 2.37. The van der Waals surface area contributed by atoms with Gasteiger partial charge in [0, 0.05) is 10.3 Å². The number of hydrogen-bond donors (Lipinski definition) is 1. The summed E-state index contributed by atoms with van der Waals surface area (Å²) in [5, 5.41) is 3.97. The number of rotatable bonds is 4. The molecule has 29 heavy (non-hydrogen) atoms. The van der Waals surface area contributed by atoms with Gasteiger partial charge < -0.3 is 4.42 Å². The van der Waals surface area contributed by atoms with E-state index in [1.807, 2.05) is 6.07 Å². The minimum atomic E-state index is -0.799. The Labute approximate surface area is 177 Å². The number of carbonyl (C=O) groups is 3. The third-order valence-corrected chi connectivity index (χ3v) is 6.42. The van der Waals surface area contributed by atoms with E-state index in [9.17, 15) is 14.4 Å². The van der Waals surface area contributed by atoms with Gasteiger partial charge in [0.25, 0.3) is 11.8 Å². The number of furan rings is 1. The predicted molar refractivity (Wildman–Crippen MR) is 112 cm³/mol. The first-order valence-electron chi connectivity index (χ1n) is 9.45. The Balaban J connectivity index is 1.55. The van der Waals surface area contributed by atoms with Gasteiger partial charge in [-0.25, -0.2) is 9.69 Å². The molecule has 1 saturated heterocycles. The molecule has 1 aromatic heterocycles. The molecule has 8 heteroatoms. The summed E-state index contributed by atoms with van der Waals surface area (Å²) in [5.74, 6) is -1.06. The average molecular weight is 431 g/mol. The maximum absolute atomic E-state index is 12.9. The Hall–Kier alpha value is -2.51. The van der Waals surface area contributed by atoms with Crippen molar-refractivity contribution in [2.45, 2.75) is 42.4 Å². The third-order valence-electron chi connectivity index (χ3n) is 4.91. The quantitative estimate of drug-likeness (QED) is 0.544. The number of thioether (sulfide) groups is 1. The number of anilines is 1. The number of halogens is 1. The minimum Gasteiger partial charge on any atom is -0.450 e. The maximum atomic E-state index is 12.9. The molecule has 1 aromatic carbocycles. The van der Waals surface area contributed by atoms with Gasteiger partial charge in [-0.3, -0.25) is 14.9 Å². The van der Waals surface area contributed by atoms with Crippen LogP contribution in [0.1, 0.15) is 37.9 Å². The molecule has 4 rings (SSSR count). The average Bonchev–Trinajstić information content (AvgIpc) is 3.14. The largest absolute Gasteiger partial charge is 0.450 e. The van der Waals surface area contributed by atoms with E-state index < -0.39 is 17.8 Å². The molecule has 2 fully saturated rings. The van der Waals surface area contributed by atoms with Gasteiger partial charge in [0.1, 0.15) is 11.3 Å². The zero-order valence-electron chi connectivity index (χ0n) is 15.5. The van der Waals surface area contributed by atoms with Crippen LogP contribution in [0.25, 0.3) is 6.08 Å². The highest BCUT2D eigenvalue weighted by Crippen LogP contribution is 2.35. The lowest BCUT2D eigenvalue weighted by Gasteiger charge is -2.26. The Bertz CT molecular complexity index is 977. The summed E-state index contributed by atoms with van der Waals surface area (Å²) in [6.45, 7) is 0. The summed E-state index contributed by atoms with van der Waals surface area (Å²) in [5.41, 5.74) is 0.159. The van der Waals surface area contributed by atoms with Crippen LogP contribution in [0, 0.1) is 0 Å². The van der Waals surface area contributed by atoms with Crippen molar-refractivity contribution in [1.82, 2.24) is 5.32 Å². The lowest BCUT2D eigenvalue weighted by Crippen LogP contribution is -2.54. The van der Waals surface area contributed by atoms with Gasteiger partial charge in [0.05, 0.1) is 5.69 Å². The van der Waals surface area contributed by atoms with E-state index >= 15 is 0 Å². The Kier molecular flexibility index (Phi) is 5.78. The summed E-state index contributed by atoms with van der Waals surface area (Å²) in [7, 11) is 0. The molecule has 0 atom stereocenters. The molecule has 1 N–H and O–H groups in total. The fourth-order valence-corrected chi connectivity index (χ4v) is 4.76. The van der Waals surface area contributed by atoms with E-state index in [-0.39, 0.29) is 5.57 Å². The second-order valence-corrected chi connectivity index (χ2v) is 8.71. The number of nitrogens with one attached hydrogen (secondary N) is 1. The van der Waals surface area contributed by atoms with Crippen LogP contribution >= 0.6 is 23.4 Å². The van der Waals surface area contributed by atoms with E-state index in [1.165, 1.54) is 38.2 Å². The van der Waals surface area contributed by atoms with Crippen LogP contribution < -0.4 is 10.2 Å². The first-order chi connectivity index (χ1) is 14.0. The first-order valence-corrected chi connectivity index (χ1v) is 10.7. The Morgan fingerprint density at radius 2 is 1.76 bits per heavy atom. The van der Waals surface area contributed by atoms with Crippen LogP contribution in [0.15, 0.2) is 51.5 Å². The summed E-state index contributed by atoms with van der Waals surface area (Å²) < 4.78 is 5.80. The SMILES string of the molecule is O=C1NC(=O)N(c2ccc(Cl)cc2)C(=O)/C1=C\c1ccc(SC2CCCCC2)o1. The molecule has 4 amide bonds. The van der Waals surface area contributed by atoms with Crippen molar-refractivity contribution in [3.63, 3.8) is 0 Å². The molecule has 2 aromatic rings. The van der Waals surface area contributed by atoms with Gasteiger partial charge in [-0.1, -0.05) is 42.6 Å². The number of carbonyl (C=O) groups excluding carboxylic acids is 3. The summed E-state index contributed by atoms with van der Waals surface area (Å²) in [6, 6.07) is 8.99. The summed E-state index contributed by atoms with van der Waals surface area (Å²) in [6.07, 6.45) is 7.46. The standard InChI is InChI=1S/C21H19ClN2O4S/c22-13-6-8-14(9-7-13)24-20(26)17(19(25)23-21(24)27)12-15-10-11-18(28-15)29-16-4-2-1-3-5-16/h6-12,16H,1-5H2,(H,23,25,27)/b17-12-. The molecule has 0 unspecified atom stereocenters. The molecule has 0 radical (unpaired) electrons. The minimum absolute atomic E-state index is 0.164. The van der Waals surface area contributed by atoms with Crippen molar-refractivity contribution in [3.05, 3.63) is 52.8 Å². The first kappa shape index (κ1) is 19.8. The van der Waals surface area contributed by atoms with Crippen LogP contribution in [0.3, 0.4) is 0 Å². The molecule has 1 aliphatic heterocycles. The molecular formula is C21H19ClN2O4S. The van der Waals surface area contributed by atoms with Crippen LogP contribution in [-0.4, -0.2) is 23.1 Å². The van der Waals surface area contributed by atoms with Gasteiger partial charge in [-0.15, -0.1) is 0 Å². The van der Waals surface area contributed by atoms with E-state index in [4.69, 9.17) is 16.0 Å². The highest BCUT2D eigenvalue weighted by atomic mass is 35.5. The molecule has 1 saturated carbocycles. The normalized spacial score (nSPS) is 19.7. The third kappa shape index (κ3) is 4.41. The predicted octanol–water partition coefficient (Wildman–Crippen LogP) is 5.02. The van der Waals surface area contributed by atoms with Crippen LogP contribution in [0.5, 0.6) is 0 Å². The van der Waals surface area contributed by atoms with Gasteiger partial charge in [-0.05, 0) is 55.3 Å². The topological polar surface area (TPSA) is 79.6 Å². The van der Waals surface area contributed by atoms with Gasteiger partial charge >= 0.3 is 6.03 Å². The molecule has 0 spiro atoms. The zero-order chi connectivity index (χ0) is 20.4. The maximum Gasteiger partial charge on any atom is 0.335 e. The second kappa shape index (κ2) is 8.47. The van der Waals surface area contributed by atoms with Crippen LogP contribution in [0.2, 0.25) is 5.02 Å². The van der Waals surface area contributed by atoms with Crippen molar-refractivity contribution in [3.8, 4) is 0 Å². The van der Waals surface area contributed by atoms with E-state index in [2.05, 4.69) is 5.32 Å². The Morgan fingerprint density at radius 1 is 1.03 bits per heavy atom. The van der Waals surface area contributed by atoms with Crippen molar-refractivity contribution in [2.24, 2.45) is 0 Å². The number of barbiturate groups is 1. The molecule has 1 aliphatic carbocycles. The van der Waals surface area contributed by atoms with Gasteiger partial charge in [0.15, 0.2) is 5.09 Å². The van der Waals surface area contributed by atoms with Crippen LogP contribution in [-0.2, 0) is 9.59 Å². The summed E-state index contributed by atoms with van der Waals surface area (Å²) >= 11 is 7.56. The summed E-state index contributed by atoms with van der Waals surface area (Å²) in [4.78, 5) is 38.2. The second-order valence-electron chi connectivity index (χ2n) is 6.97. The lowest BCUT2D eigenvalue weighted by molar-refractivity contribution is -0.122. The number of amides is 4. The number of hydrogen-bond acceptors (Lipinski definition) is 5. The van der Waals surface area contributed by atoms with E-state index in [1.54, 1.807) is 42.1 Å². The number of nitrogens with zero attached hydrogens (tertiary/aromatic N) is 1. The Morgan fingerprint density at radius 3 is 2.48 bits per heavy atom. The molecule has 2 aliphatic rings. The molecule has 0 bridgehead atoms. The fraction of sp³-hybridized carbons (Fsp3) is 0.286. The van der Waals surface area contributed by atoms with Crippen molar-refractivity contribution < 1.29 is 18.8 Å². The van der Waals surface area contributed by atoms with Crippen molar-refractivity contribution in [1.29, 1.82) is 0 Å². The van der Waals surface area contributed by atoms with Crippen LogP contribution in [0.4, 0.5) is 10.5 Å². The van der Waals surface area contributed by atoms with Crippen molar-refractivity contribution >= 4 is 53.0 Å². The molecule has 150 valence electrons. The van der Waals surface area contributed by atoms with Gasteiger partial charge in [-0.2, -0.15) is 0 Å². The lowest BCUT2D eigenvalue weighted by atomic mass is 10.0. The zero-order valence-corrected chi connectivity index (χ0v) is 17.1. The van der Waals surface area contributed by atoms with Gasteiger partial charge in [0.2, 0.25) is 0 Å². The highest BCUT2D eigenvalue weighted by molar-refractivity contribution is 7.99.